The third-order valence-electron chi connectivity index (χ3n) is 7.61. The number of fused-ring (bicyclic) bond motifs is 4. The molecule has 1 aliphatic heterocycles. The molecular weight excluding hydrogens is 749 g/mol. The Balaban J connectivity index is 0.000000255. The Morgan fingerprint density at radius 1 is 0.809 bits per heavy atom. The number of hydrogen-bond donors (Lipinski definition) is 0. The van der Waals surface area contributed by atoms with Crippen molar-refractivity contribution in [2.75, 3.05) is 0 Å². The molecule has 0 amide bonds. The van der Waals surface area contributed by atoms with Crippen LogP contribution < -0.4 is 10.4 Å². The van der Waals surface area contributed by atoms with Crippen molar-refractivity contribution in [2.45, 2.75) is 58.8 Å². The summed E-state index contributed by atoms with van der Waals surface area (Å²) in [5.74, 6) is 0.368. The van der Waals surface area contributed by atoms with Gasteiger partial charge in [0.2, 0.25) is 0 Å². The minimum Gasteiger partial charge on any atom is -0.184 e. The quantitative estimate of drug-likeness (QED) is 0.0953. The Kier molecular flexibility index (Phi) is 12.1. The van der Waals surface area contributed by atoms with Gasteiger partial charge in [-0.1, -0.05) is 80.8 Å². The van der Waals surface area contributed by atoms with Crippen LogP contribution >= 0.6 is 17.0 Å². The monoisotopic (exact) mass is 778 g/mol. The van der Waals surface area contributed by atoms with Gasteiger partial charge in [-0.2, -0.15) is 61.9 Å². The van der Waals surface area contributed by atoms with Gasteiger partial charge in [-0.3, -0.25) is 0 Å². The summed E-state index contributed by atoms with van der Waals surface area (Å²) in [6, 6.07) is 27.6. The largest absolute Gasteiger partial charge is 0.184 e. The van der Waals surface area contributed by atoms with E-state index in [-0.39, 0.29) is 11.6 Å². The molecule has 244 valence electrons. The summed E-state index contributed by atoms with van der Waals surface area (Å²) in [5, 5.41) is 4.31. The van der Waals surface area contributed by atoms with Gasteiger partial charge in [0.25, 0.3) is 0 Å². The van der Waals surface area contributed by atoms with Crippen molar-refractivity contribution in [1.29, 1.82) is 0 Å². The van der Waals surface area contributed by atoms with E-state index in [0.29, 0.717) is 22.4 Å². The second-order valence-corrected chi connectivity index (χ2v) is 17.7. The molecule has 5 aromatic rings. The minimum atomic E-state index is -4.89. The predicted octanol–water partition coefficient (Wildman–Crippen LogP) is 11.3. The van der Waals surface area contributed by atoms with E-state index in [1.54, 1.807) is 0 Å². The van der Waals surface area contributed by atoms with Crippen LogP contribution in [0.15, 0.2) is 84.9 Å². The van der Waals surface area contributed by atoms with Crippen LogP contribution in [0.3, 0.4) is 0 Å². The van der Waals surface area contributed by atoms with Gasteiger partial charge in [0.1, 0.15) is 0 Å². The Morgan fingerprint density at radius 2 is 1.40 bits per heavy atom. The summed E-state index contributed by atoms with van der Waals surface area (Å²) < 4.78 is 80.9. The molecule has 0 unspecified atom stereocenters. The Bertz CT molecular complexity index is 1760. The van der Waals surface area contributed by atoms with Crippen LogP contribution in [0.1, 0.15) is 56.9 Å². The molecular formula is C37H32Cl2F6SiZr. The van der Waals surface area contributed by atoms with E-state index >= 15 is 0 Å². The number of benzene rings is 4. The van der Waals surface area contributed by atoms with E-state index in [2.05, 4.69) is 56.3 Å². The zero-order valence-electron chi connectivity index (χ0n) is 26.4. The second-order valence-electron chi connectivity index (χ2n) is 12.7. The van der Waals surface area contributed by atoms with Crippen molar-refractivity contribution in [2.24, 2.45) is 5.92 Å². The summed E-state index contributed by atoms with van der Waals surface area (Å²) in [6.45, 7) is 9.80. The average molecular weight is 781 g/mol. The predicted molar refractivity (Wildman–Crippen MR) is 180 cm³/mol. The van der Waals surface area contributed by atoms with Crippen LogP contribution in [0.5, 0.6) is 0 Å². The van der Waals surface area contributed by atoms with E-state index in [1.807, 2.05) is 51.1 Å². The van der Waals surface area contributed by atoms with Crippen LogP contribution in [-0.4, -0.2) is 9.52 Å². The molecule has 6 rings (SSSR count). The second kappa shape index (κ2) is 15.1. The standard InChI is InChI=1S/C25H25F6.C12H7Si.2ClH.Zr/c1-14(2)8-15-9-16-6-7-21(23(3,4)5)22(20(16)10-15)17-11-18(24(26,27)28)13-19(12-17)25(29,30)31;1-3-7-11-9(5-1)10-6-2-4-8-12(10)13-11;;;/h6-7,9-14H,8H2,1-5H3;1-7H;2*1H;/q2*-1;;;+4/p-2. The van der Waals surface area contributed by atoms with E-state index in [9.17, 15) is 26.3 Å². The van der Waals surface area contributed by atoms with Crippen molar-refractivity contribution in [3.05, 3.63) is 113 Å². The van der Waals surface area contributed by atoms with Crippen molar-refractivity contribution in [3.8, 4) is 22.3 Å². The Hall–Kier alpha value is -2.25. The molecule has 5 aromatic carbocycles. The number of alkyl halides is 6. The molecule has 47 heavy (non-hydrogen) atoms. The number of halogens is 8. The molecule has 0 bridgehead atoms. The molecule has 0 atom stereocenters. The number of rotatable bonds is 3. The molecule has 1 heterocycles. The fraction of sp³-hybridized carbons (Fsp3) is 0.270. The zero-order valence-corrected chi connectivity index (χ0v) is 31.4. The molecule has 0 aromatic heterocycles. The van der Waals surface area contributed by atoms with E-state index in [4.69, 9.17) is 17.0 Å². The van der Waals surface area contributed by atoms with Gasteiger partial charge in [-0.05, 0) is 41.5 Å². The summed E-state index contributed by atoms with van der Waals surface area (Å²) in [5.41, 5.74) is 1.76. The molecule has 0 fully saturated rings. The molecule has 0 saturated carbocycles. The van der Waals surface area contributed by atoms with Gasteiger partial charge in [-0.15, -0.1) is 40.1 Å². The molecule has 2 radical (unpaired) electrons. The SMILES string of the molecule is CC(C)Cc1cc2c(-c3cc(C(F)(F)F)cc(C(F)(F)F)c3)c(C(C)(C)C)ccc2[cH-]1.[Cl][Zr+2][Cl].[c-]1cccc2c1[Si]c1ccccc1-2. The summed E-state index contributed by atoms with van der Waals surface area (Å²) >= 11 is -0.826. The maximum absolute atomic E-state index is 13.5. The van der Waals surface area contributed by atoms with Crippen LogP contribution in [0.4, 0.5) is 26.3 Å². The first-order valence-electron chi connectivity index (χ1n) is 14.8. The molecule has 0 nitrogen and oxygen atoms in total. The normalized spacial score (nSPS) is 12.5. The van der Waals surface area contributed by atoms with Crippen LogP contribution in [0.2, 0.25) is 0 Å². The van der Waals surface area contributed by atoms with Gasteiger partial charge in [0, 0.05) is 0 Å². The maximum Gasteiger partial charge on any atom is 0.0920 e. The molecule has 1 aliphatic rings. The van der Waals surface area contributed by atoms with Crippen molar-refractivity contribution >= 4 is 47.7 Å². The third kappa shape index (κ3) is 9.26. The average Bonchev–Trinajstić information content (AvgIpc) is 3.56. The fourth-order valence-electron chi connectivity index (χ4n) is 5.69. The van der Waals surface area contributed by atoms with E-state index < -0.39 is 49.7 Å². The van der Waals surface area contributed by atoms with Crippen LogP contribution in [-0.2, 0) is 45.0 Å². The van der Waals surface area contributed by atoms with Crippen LogP contribution in [0.25, 0.3) is 33.0 Å². The van der Waals surface area contributed by atoms with E-state index in [0.717, 1.165) is 39.0 Å². The minimum absolute atomic E-state index is 0.0700. The van der Waals surface area contributed by atoms with Crippen molar-refractivity contribution < 1.29 is 47.2 Å². The fourth-order valence-corrected chi connectivity index (χ4v) is 7.00. The molecule has 0 saturated heterocycles. The van der Waals surface area contributed by atoms with Gasteiger partial charge < -0.3 is 0 Å². The first kappa shape index (κ1) is 37.6. The van der Waals surface area contributed by atoms with Gasteiger partial charge in [0.15, 0.2) is 0 Å². The van der Waals surface area contributed by atoms with Crippen LogP contribution in [0, 0.1) is 12.0 Å². The molecule has 0 aliphatic carbocycles. The summed E-state index contributed by atoms with van der Waals surface area (Å²) in [7, 11) is 10.7. The zero-order chi connectivity index (χ0) is 34.7. The Morgan fingerprint density at radius 3 is 1.98 bits per heavy atom. The molecule has 0 spiro atoms. The smallest absolute Gasteiger partial charge is 0.0920 e. The molecule has 10 heteroatoms. The summed E-state index contributed by atoms with van der Waals surface area (Å²) in [6.07, 6.45) is -9.00. The summed E-state index contributed by atoms with van der Waals surface area (Å²) in [4.78, 5) is 0. The van der Waals surface area contributed by atoms with E-state index in [1.165, 1.54) is 21.5 Å². The van der Waals surface area contributed by atoms with Gasteiger partial charge in [-0.25, -0.2) is 0 Å². The first-order chi connectivity index (χ1) is 21.9. The van der Waals surface area contributed by atoms with Crippen molar-refractivity contribution in [3.63, 3.8) is 0 Å². The first-order valence-corrected chi connectivity index (χ1v) is 22.1. The Labute approximate surface area is 293 Å². The maximum atomic E-state index is 13.5. The van der Waals surface area contributed by atoms with Crippen molar-refractivity contribution in [1.82, 2.24) is 0 Å². The van der Waals surface area contributed by atoms with Gasteiger partial charge in [0.05, 0.1) is 20.6 Å². The topological polar surface area (TPSA) is 0 Å². The molecule has 0 N–H and O–H groups in total. The van der Waals surface area contributed by atoms with Gasteiger partial charge >= 0.3 is 50.2 Å². The third-order valence-corrected chi connectivity index (χ3v) is 8.98. The number of hydrogen-bond acceptors (Lipinski definition) is 0.